The molecular formula is C16H22. The number of hydrogen-bond acceptors (Lipinski definition) is 0. The summed E-state index contributed by atoms with van der Waals surface area (Å²) in [6.07, 6.45) is 3.30. The van der Waals surface area contributed by atoms with Crippen LogP contribution in [0, 0.1) is 6.92 Å². The zero-order valence-electron chi connectivity index (χ0n) is 11.1. The Morgan fingerprint density at radius 2 is 1.81 bits per heavy atom. The van der Waals surface area contributed by atoms with Crippen molar-refractivity contribution < 1.29 is 0 Å². The quantitative estimate of drug-likeness (QED) is 0.611. The molecule has 0 nitrogen and oxygen atoms in total. The number of aryl methyl sites for hydroxylation is 1. The van der Waals surface area contributed by atoms with E-state index in [1.165, 1.54) is 27.8 Å². The molecule has 86 valence electrons. The predicted octanol–water partition coefficient (Wildman–Crippen LogP) is 5.14. The molecule has 1 aromatic carbocycles. The minimum absolute atomic E-state index is 1.11. The fourth-order valence-corrected chi connectivity index (χ4v) is 1.95. The molecule has 0 aliphatic carbocycles. The summed E-state index contributed by atoms with van der Waals surface area (Å²) in [6.45, 7) is 10.9. The molecule has 0 radical (unpaired) electrons. The van der Waals surface area contributed by atoms with Gasteiger partial charge in [-0.3, -0.25) is 0 Å². The van der Waals surface area contributed by atoms with Gasteiger partial charge in [-0.2, -0.15) is 0 Å². The second-order valence-electron chi connectivity index (χ2n) is 4.30. The van der Waals surface area contributed by atoms with E-state index in [0.29, 0.717) is 0 Å². The Kier molecular flexibility index (Phi) is 4.54. The molecule has 0 bridgehead atoms. The molecule has 1 aromatic rings. The summed E-state index contributed by atoms with van der Waals surface area (Å²) in [7, 11) is 0. The number of rotatable bonds is 3. The third kappa shape index (κ3) is 2.63. The van der Waals surface area contributed by atoms with E-state index < -0.39 is 0 Å². The van der Waals surface area contributed by atoms with Gasteiger partial charge in [-0.25, -0.2) is 0 Å². The molecule has 0 spiro atoms. The molecule has 0 fully saturated rings. The van der Waals surface area contributed by atoms with E-state index in [-0.39, 0.29) is 0 Å². The molecular weight excluding hydrogens is 192 g/mol. The van der Waals surface area contributed by atoms with Crippen molar-refractivity contribution in [3.63, 3.8) is 0 Å². The van der Waals surface area contributed by atoms with Crippen LogP contribution < -0.4 is 0 Å². The lowest BCUT2D eigenvalue weighted by Gasteiger charge is -2.15. The van der Waals surface area contributed by atoms with Crippen LogP contribution in [0.15, 0.2) is 41.5 Å². The second-order valence-corrected chi connectivity index (χ2v) is 4.30. The number of allylic oxidation sites excluding steroid dienone is 4. The molecule has 0 N–H and O–H groups in total. The van der Waals surface area contributed by atoms with Gasteiger partial charge in [-0.1, -0.05) is 42.8 Å². The van der Waals surface area contributed by atoms with Gasteiger partial charge >= 0.3 is 0 Å². The molecule has 0 saturated carbocycles. The van der Waals surface area contributed by atoms with E-state index in [0.717, 1.165) is 6.42 Å². The van der Waals surface area contributed by atoms with Crippen LogP contribution in [0.25, 0.3) is 5.57 Å². The van der Waals surface area contributed by atoms with Gasteiger partial charge in [0.1, 0.15) is 0 Å². The summed E-state index contributed by atoms with van der Waals surface area (Å²) in [6, 6.07) is 8.62. The Balaban J connectivity index is 3.40. The average molecular weight is 214 g/mol. The maximum Gasteiger partial charge on any atom is -0.0153 e. The molecule has 0 aliphatic rings. The zero-order valence-corrected chi connectivity index (χ0v) is 11.1. The molecule has 0 heterocycles. The molecule has 0 aliphatic heterocycles. The third-order valence-electron chi connectivity index (χ3n) is 3.20. The monoisotopic (exact) mass is 214 g/mol. The van der Waals surface area contributed by atoms with E-state index >= 15 is 0 Å². The number of hydrogen-bond donors (Lipinski definition) is 0. The van der Waals surface area contributed by atoms with Gasteiger partial charge in [0.05, 0.1) is 0 Å². The molecule has 1 rings (SSSR count). The van der Waals surface area contributed by atoms with Gasteiger partial charge in [-0.15, -0.1) is 0 Å². The van der Waals surface area contributed by atoms with Crippen LogP contribution in [0.2, 0.25) is 0 Å². The fraction of sp³-hybridized carbons (Fsp3) is 0.375. The van der Waals surface area contributed by atoms with Crippen molar-refractivity contribution in [1.82, 2.24) is 0 Å². The molecule has 0 saturated heterocycles. The standard InChI is InChI=1S/C16H22/c1-6-12(3)16(13(4)7-2)15-11-9-8-10-14(15)5/h6,8-11H,7H2,1-5H3/b12-6-,16-13-. The van der Waals surface area contributed by atoms with Crippen LogP contribution in [0.1, 0.15) is 45.2 Å². The molecule has 0 aromatic heterocycles. The van der Waals surface area contributed by atoms with Crippen molar-refractivity contribution >= 4 is 5.57 Å². The summed E-state index contributed by atoms with van der Waals surface area (Å²) in [5.74, 6) is 0. The lowest BCUT2D eigenvalue weighted by atomic mass is 9.90. The predicted molar refractivity (Wildman–Crippen MR) is 73.5 cm³/mol. The van der Waals surface area contributed by atoms with Crippen LogP contribution in [-0.2, 0) is 0 Å². The normalized spacial score (nSPS) is 13.7. The maximum absolute atomic E-state index is 2.23. The number of benzene rings is 1. The topological polar surface area (TPSA) is 0 Å². The van der Waals surface area contributed by atoms with Crippen molar-refractivity contribution in [2.24, 2.45) is 0 Å². The summed E-state index contributed by atoms with van der Waals surface area (Å²) < 4.78 is 0. The largest absolute Gasteiger partial charge is 0.0841 e. The minimum Gasteiger partial charge on any atom is -0.0841 e. The smallest absolute Gasteiger partial charge is 0.0153 e. The van der Waals surface area contributed by atoms with Crippen LogP contribution in [-0.4, -0.2) is 0 Å². The fourth-order valence-electron chi connectivity index (χ4n) is 1.95. The highest BCUT2D eigenvalue weighted by atomic mass is 14.1. The molecule has 0 unspecified atom stereocenters. The van der Waals surface area contributed by atoms with Gasteiger partial charge in [0.2, 0.25) is 0 Å². The summed E-state index contributed by atoms with van der Waals surface area (Å²) >= 11 is 0. The van der Waals surface area contributed by atoms with E-state index in [9.17, 15) is 0 Å². The van der Waals surface area contributed by atoms with Crippen LogP contribution in [0.3, 0.4) is 0 Å². The van der Waals surface area contributed by atoms with E-state index in [1.807, 2.05) is 0 Å². The first kappa shape index (κ1) is 12.8. The summed E-state index contributed by atoms with van der Waals surface area (Å²) in [4.78, 5) is 0. The molecule has 0 atom stereocenters. The molecule has 0 amide bonds. The van der Waals surface area contributed by atoms with Gasteiger partial charge in [0, 0.05) is 0 Å². The lowest BCUT2D eigenvalue weighted by Crippen LogP contribution is -1.94. The van der Waals surface area contributed by atoms with Crippen molar-refractivity contribution in [2.75, 3.05) is 0 Å². The van der Waals surface area contributed by atoms with Crippen LogP contribution in [0.5, 0.6) is 0 Å². The summed E-state index contributed by atoms with van der Waals surface area (Å²) in [5, 5.41) is 0. The minimum atomic E-state index is 1.11. The Morgan fingerprint density at radius 3 is 2.31 bits per heavy atom. The first-order valence-corrected chi connectivity index (χ1v) is 6.00. The van der Waals surface area contributed by atoms with Crippen molar-refractivity contribution in [3.05, 3.63) is 52.6 Å². The van der Waals surface area contributed by atoms with Gasteiger partial charge in [-0.05, 0) is 56.4 Å². The van der Waals surface area contributed by atoms with E-state index in [1.54, 1.807) is 0 Å². The van der Waals surface area contributed by atoms with E-state index in [4.69, 9.17) is 0 Å². The first-order chi connectivity index (χ1) is 7.61. The Bertz CT molecular complexity index is 419. The van der Waals surface area contributed by atoms with Crippen LogP contribution >= 0.6 is 0 Å². The Morgan fingerprint density at radius 1 is 1.19 bits per heavy atom. The Hall–Kier alpha value is -1.30. The Labute approximate surface area is 99.7 Å². The van der Waals surface area contributed by atoms with Gasteiger partial charge < -0.3 is 0 Å². The highest BCUT2D eigenvalue weighted by Crippen LogP contribution is 2.29. The molecule has 0 heteroatoms. The van der Waals surface area contributed by atoms with Crippen molar-refractivity contribution in [2.45, 2.75) is 41.0 Å². The maximum atomic E-state index is 2.23. The zero-order chi connectivity index (χ0) is 12.1. The highest BCUT2D eigenvalue weighted by Gasteiger charge is 2.08. The second kappa shape index (κ2) is 5.69. The van der Waals surface area contributed by atoms with Gasteiger partial charge in [0.15, 0.2) is 0 Å². The van der Waals surface area contributed by atoms with Crippen molar-refractivity contribution in [3.8, 4) is 0 Å². The summed E-state index contributed by atoms with van der Waals surface area (Å²) in [5.41, 5.74) is 6.98. The van der Waals surface area contributed by atoms with E-state index in [2.05, 4.69) is 65.0 Å². The third-order valence-corrected chi connectivity index (χ3v) is 3.20. The lowest BCUT2D eigenvalue weighted by molar-refractivity contribution is 1.10. The molecule has 16 heavy (non-hydrogen) atoms. The average Bonchev–Trinajstić information content (AvgIpc) is 2.31. The van der Waals surface area contributed by atoms with Gasteiger partial charge in [0.25, 0.3) is 0 Å². The van der Waals surface area contributed by atoms with Crippen LogP contribution in [0.4, 0.5) is 0 Å². The SMILES string of the molecule is C/C=C(C)\C(=C(/C)CC)c1ccccc1C. The van der Waals surface area contributed by atoms with Crippen molar-refractivity contribution in [1.29, 1.82) is 0 Å². The first-order valence-electron chi connectivity index (χ1n) is 6.00. The highest BCUT2D eigenvalue weighted by molar-refractivity contribution is 5.82.